The Morgan fingerprint density at radius 2 is 1.78 bits per heavy atom. The Morgan fingerprint density at radius 3 is 2.41 bits per heavy atom. The molecule has 2 aromatic carbocycles. The summed E-state index contributed by atoms with van der Waals surface area (Å²) in [4.78, 5) is 31.1. The van der Waals surface area contributed by atoms with Gasteiger partial charge in [-0.1, -0.05) is 31.8 Å². The van der Waals surface area contributed by atoms with E-state index in [1.807, 2.05) is 36.4 Å². The standard InChI is InChI=1S/C28H37N3O5Si/c1-34-22-8-6-19(7-9-22)21-15-25-28(33)31(18-36-12-13-37(3,4)5)24-14-20(10-11-29)26(35-2)16-23(24)27(32)30(25)17-21/h6-9,14-16,25H,10-13,17-18,29H2,1-5H3. The Balaban J connectivity index is 1.72. The van der Waals surface area contributed by atoms with E-state index in [1.165, 1.54) is 0 Å². The van der Waals surface area contributed by atoms with Crippen molar-refractivity contribution in [1.29, 1.82) is 0 Å². The van der Waals surface area contributed by atoms with Crippen LogP contribution >= 0.6 is 0 Å². The summed E-state index contributed by atoms with van der Waals surface area (Å²) < 4.78 is 16.9. The summed E-state index contributed by atoms with van der Waals surface area (Å²) in [5.41, 5.74) is 9.52. The average molecular weight is 524 g/mol. The van der Waals surface area contributed by atoms with Crippen LogP contribution in [0, 0.1) is 0 Å². The van der Waals surface area contributed by atoms with Crippen LogP contribution in [0.25, 0.3) is 5.57 Å². The SMILES string of the molecule is COc1ccc(C2=CC3C(=O)N(COCC[Si](C)(C)C)c4cc(CCN)c(OC)cc4C(=O)N3C2)cc1. The van der Waals surface area contributed by atoms with Crippen molar-refractivity contribution in [3.05, 3.63) is 59.2 Å². The zero-order valence-electron chi connectivity index (χ0n) is 22.4. The van der Waals surface area contributed by atoms with Gasteiger partial charge in [-0.25, -0.2) is 0 Å². The summed E-state index contributed by atoms with van der Waals surface area (Å²) in [7, 11) is 1.90. The van der Waals surface area contributed by atoms with Crippen LogP contribution in [0.1, 0.15) is 21.5 Å². The van der Waals surface area contributed by atoms with E-state index < -0.39 is 14.1 Å². The summed E-state index contributed by atoms with van der Waals surface area (Å²) in [6.07, 6.45) is 2.46. The van der Waals surface area contributed by atoms with E-state index in [2.05, 4.69) is 19.6 Å². The summed E-state index contributed by atoms with van der Waals surface area (Å²) in [5, 5.41) is 0. The molecule has 0 bridgehead atoms. The fourth-order valence-corrected chi connectivity index (χ4v) is 5.41. The van der Waals surface area contributed by atoms with Gasteiger partial charge in [0.1, 0.15) is 24.3 Å². The second-order valence-corrected chi connectivity index (χ2v) is 16.3. The van der Waals surface area contributed by atoms with Gasteiger partial charge in [0.25, 0.3) is 11.8 Å². The van der Waals surface area contributed by atoms with Gasteiger partial charge in [0, 0.05) is 21.2 Å². The first kappa shape index (κ1) is 26.9. The number of nitrogens with two attached hydrogens (primary N) is 1. The Labute approximate surface area is 220 Å². The lowest BCUT2D eigenvalue weighted by Crippen LogP contribution is -2.45. The minimum Gasteiger partial charge on any atom is -0.497 e. The lowest BCUT2D eigenvalue weighted by atomic mass is 10.0. The second-order valence-electron chi connectivity index (χ2n) is 10.6. The first-order chi connectivity index (χ1) is 17.7. The summed E-state index contributed by atoms with van der Waals surface area (Å²) in [6, 6.07) is 11.5. The van der Waals surface area contributed by atoms with Crippen LogP contribution in [0.5, 0.6) is 11.5 Å². The minimum atomic E-state index is -1.30. The van der Waals surface area contributed by atoms with E-state index in [9.17, 15) is 9.59 Å². The van der Waals surface area contributed by atoms with Crippen molar-refractivity contribution in [2.24, 2.45) is 5.73 Å². The number of carbonyl (C=O) groups excluding carboxylic acids is 2. The maximum atomic E-state index is 14.0. The van der Waals surface area contributed by atoms with Crippen molar-refractivity contribution in [2.45, 2.75) is 38.1 Å². The number of benzene rings is 2. The minimum absolute atomic E-state index is 0.0774. The highest BCUT2D eigenvalue weighted by molar-refractivity contribution is 6.76. The van der Waals surface area contributed by atoms with Crippen molar-refractivity contribution in [3.63, 3.8) is 0 Å². The maximum Gasteiger partial charge on any atom is 0.257 e. The predicted octanol–water partition coefficient (Wildman–Crippen LogP) is 3.77. The van der Waals surface area contributed by atoms with Crippen LogP contribution in [-0.4, -0.2) is 71.5 Å². The third kappa shape index (κ3) is 5.74. The monoisotopic (exact) mass is 523 g/mol. The van der Waals surface area contributed by atoms with Crippen LogP contribution in [0.4, 0.5) is 5.69 Å². The molecule has 0 aliphatic carbocycles. The van der Waals surface area contributed by atoms with Crippen LogP contribution < -0.4 is 20.1 Å². The number of amides is 2. The molecule has 1 unspecified atom stereocenters. The van der Waals surface area contributed by atoms with E-state index in [1.54, 1.807) is 30.1 Å². The van der Waals surface area contributed by atoms with Gasteiger partial charge in [-0.15, -0.1) is 0 Å². The van der Waals surface area contributed by atoms with E-state index in [4.69, 9.17) is 19.9 Å². The molecule has 2 N–H and O–H groups in total. The Hall–Kier alpha value is -3.14. The maximum absolute atomic E-state index is 14.0. The summed E-state index contributed by atoms with van der Waals surface area (Å²) >= 11 is 0. The molecule has 2 heterocycles. The third-order valence-electron chi connectivity index (χ3n) is 6.83. The molecule has 2 aromatic rings. The molecule has 0 fully saturated rings. The number of methoxy groups -OCH3 is 2. The molecular weight excluding hydrogens is 486 g/mol. The zero-order chi connectivity index (χ0) is 26.7. The van der Waals surface area contributed by atoms with Gasteiger partial charge in [0.05, 0.1) is 25.5 Å². The lowest BCUT2D eigenvalue weighted by Gasteiger charge is -2.26. The molecule has 4 rings (SSSR count). The van der Waals surface area contributed by atoms with Gasteiger partial charge in [-0.3, -0.25) is 14.5 Å². The Kier molecular flexibility index (Phi) is 8.06. The predicted molar refractivity (Wildman–Crippen MR) is 148 cm³/mol. The van der Waals surface area contributed by atoms with Gasteiger partial charge in [-0.2, -0.15) is 0 Å². The number of hydrogen-bond acceptors (Lipinski definition) is 6. The fourth-order valence-electron chi connectivity index (χ4n) is 4.66. The molecule has 9 heteroatoms. The summed E-state index contributed by atoms with van der Waals surface area (Å²) in [6.45, 7) is 8.26. The highest BCUT2D eigenvalue weighted by atomic mass is 28.3. The topological polar surface area (TPSA) is 94.3 Å². The van der Waals surface area contributed by atoms with Crippen molar-refractivity contribution >= 4 is 31.1 Å². The van der Waals surface area contributed by atoms with Crippen molar-refractivity contribution in [2.75, 3.05) is 45.5 Å². The van der Waals surface area contributed by atoms with E-state index in [0.717, 1.165) is 28.5 Å². The molecule has 0 aromatic heterocycles. The molecule has 2 aliphatic rings. The normalized spacial score (nSPS) is 17.4. The molecule has 1 atom stereocenters. The number of rotatable bonds is 10. The smallest absolute Gasteiger partial charge is 0.257 e. The fraction of sp³-hybridized carbons (Fsp3) is 0.429. The molecule has 2 aliphatic heterocycles. The largest absolute Gasteiger partial charge is 0.497 e. The van der Waals surface area contributed by atoms with Crippen molar-refractivity contribution in [3.8, 4) is 11.5 Å². The Bertz CT molecular complexity index is 1190. The first-order valence-corrected chi connectivity index (χ1v) is 16.3. The molecule has 0 spiro atoms. The molecule has 8 nitrogen and oxygen atoms in total. The van der Waals surface area contributed by atoms with Gasteiger partial charge in [0.2, 0.25) is 0 Å². The van der Waals surface area contributed by atoms with E-state index in [-0.39, 0.29) is 18.5 Å². The highest BCUT2D eigenvalue weighted by Gasteiger charge is 2.42. The van der Waals surface area contributed by atoms with Crippen LogP contribution in [-0.2, 0) is 16.0 Å². The van der Waals surface area contributed by atoms with E-state index in [0.29, 0.717) is 43.1 Å². The van der Waals surface area contributed by atoms with Gasteiger partial charge in [-0.05, 0) is 66.1 Å². The van der Waals surface area contributed by atoms with Crippen LogP contribution in [0.3, 0.4) is 0 Å². The number of anilines is 1. The van der Waals surface area contributed by atoms with Crippen molar-refractivity contribution in [1.82, 2.24) is 4.90 Å². The zero-order valence-corrected chi connectivity index (χ0v) is 23.4. The van der Waals surface area contributed by atoms with Gasteiger partial charge in [0.15, 0.2) is 0 Å². The highest BCUT2D eigenvalue weighted by Crippen LogP contribution is 2.38. The quantitative estimate of drug-likeness (QED) is 0.376. The molecule has 198 valence electrons. The lowest BCUT2D eigenvalue weighted by molar-refractivity contribution is -0.122. The van der Waals surface area contributed by atoms with Crippen LogP contribution in [0.15, 0.2) is 42.5 Å². The van der Waals surface area contributed by atoms with Gasteiger partial charge >= 0.3 is 0 Å². The Morgan fingerprint density at radius 1 is 1.05 bits per heavy atom. The van der Waals surface area contributed by atoms with Crippen molar-refractivity contribution < 1.29 is 23.8 Å². The third-order valence-corrected chi connectivity index (χ3v) is 8.53. The number of ether oxygens (including phenoxy) is 3. The molecule has 37 heavy (non-hydrogen) atoms. The number of fused-ring (bicyclic) bond motifs is 2. The van der Waals surface area contributed by atoms with Crippen LogP contribution in [0.2, 0.25) is 25.7 Å². The average Bonchev–Trinajstić information content (AvgIpc) is 3.30. The molecule has 0 radical (unpaired) electrons. The summed E-state index contributed by atoms with van der Waals surface area (Å²) in [5.74, 6) is 0.938. The molecular formula is C28H37N3O5Si. The van der Waals surface area contributed by atoms with Gasteiger partial charge < -0.3 is 24.8 Å². The second kappa shape index (κ2) is 11.1. The molecule has 2 amide bonds. The van der Waals surface area contributed by atoms with E-state index >= 15 is 0 Å². The molecule has 0 saturated carbocycles. The number of carbonyl (C=O) groups is 2. The molecule has 0 saturated heterocycles. The number of hydrogen-bond donors (Lipinski definition) is 1. The first-order valence-electron chi connectivity index (χ1n) is 12.6. The number of nitrogens with zero attached hydrogens (tertiary/aromatic N) is 2.